The van der Waals surface area contributed by atoms with Crippen LogP contribution in [0.2, 0.25) is 0 Å². The molecular formula is C15H19NO4S. The van der Waals surface area contributed by atoms with Gasteiger partial charge in [0.2, 0.25) is 10.0 Å². The molecule has 1 aliphatic rings. The summed E-state index contributed by atoms with van der Waals surface area (Å²) in [5.41, 5.74) is 0.436. The molecule has 1 aromatic carbocycles. The van der Waals surface area contributed by atoms with E-state index in [1.807, 2.05) is 0 Å². The first kappa shape index (κ1) is 15.8. The van der Waals surface area contributed by atoms with E-state index < -0.39 is 10.0 Å². The second-order valence-electron chi connectivity index (χ2n) is 5.08. The van der Waals surface area contributed by atoms with Crippen LogP contribution in [0.1, 0.15) is 18.4 Å². The molecule has 2 rings (SSSR count). The number of aliphatic hydroxyl groups excluding tert-OH is 1. The molecule has 0 saturated heterocycles. The van der Waals surface area contributed by atoms with E-state index in [4.69, 9.17) is 11.2 Å². The highest BCUT2D eigenvalue weighted by Gasteiger charge is 2.31. The lowest BCUT2D eigenvalue weighted by Gasteiger charge is -2.20. The molecule has 0 radical (unpaired) electrons. The molecule has 1 aliphatic carbocycles. The first-order chi connectivity index (χ1) is 10.0. The molecular weight excluding hydrogens is 290 g/mol. The summed E-state index contributed by atoms with van der Waals surface area (Å²) in [5.74, 6) is 3.27. The lowest BCUT2D eigenvalue weighted by molar-refractivity contribution is 0.273. The van der Waals surface area contributed by atoms with Gasteiger partial charge in [-0.05, 0) is 37.0 Å². The summed E-state index contributed by atoms with van der Waals surface area (Å²) >= 11 is 0. The molecule has 6 heteroatoms. The van der Waals surface area contributed by atoms with Crippen LogP contribution < -0.4 is 4.74 Å². The number of aliphatic hydroxyl groups is 1. The van der Waals surface area contributed by atoms with Crippen LogP contribution in [0.5, 0.6) is 5.75 Å². The summed E-state index contributed by atoms with van der Waals surface area (Å²) in [6.07, 6.45) is 7.37. The Balaban J connectivity index is 2.34. The fraction of sp³-hybridized carbons (Fsp3) is 0.467. The largest absolute Gasteiger partial charge is 0.496 e. The zero-order chi connectivity index (χ0) is 15.5. The summed E-state index contributed by atoms with van der Waals surface area (Å²) in [5, 5.41) is 9.32. The van der Waals surface area contributed by atoms with E-state index >= 15 is 0 Å². The number of benzene rings is 1. The van der Waals surface area contributed by atoms with Gasteiger partial charge < -0.3 is 9.84 Å². The molecule has 5 nitrogen and oxygen atoms in total. The molecule has 0 heterocycles. The van der Waals surface area contributed by atoms with Gasteiger partial charge in [0.25, 0.3) is 0 Å². The van der Waals surface area contributed by atoms with Gasteiger partial charge in [-0.1, -0.05) is 5.92 Å². The van der Waals surface area contributed by atoms with E-state index in [1.54, 1.807) is 6.07 Å². The molecule has 21 heavy (non-hydrogen) atoms. The van der Waals surface area contributed by atoms with Gasteiger partial charge in [0, 0.05) is 12.1 Å². The van der Waals surface area contributed by atoms with Crippen LogP contribution in [0.15, 0.2) is 23.1 Å². The van der Waals surface area contributed by atoms with Crippen molar-refractivity contribution in [3.63, 3.8) is 0 Å². The molecule has 114 valence electrons. The summed E-state index contributed by atoms with van der Waals surface area (Å²) in [7, 11) is -2.18. The first-order valence-corrected chi connectivity index (χ1v) is 8.18. The van der Waals surface area contributed by atoms with Gasteiger partial charge in [0.1, 0.15) is 5.75 Å². The number of hydrogen-bond donors (Lipinski definition) is 1. The maximum atomic E-state index is 12.7. The summed E-state index contributed by atoms with van der Waals surface area (Å²) < 4.78 is 31.7. The summed E-state index contributed by atoms with van der Waals surface area (Å²) in [6.45, 7) is 0.219. The summed E-state index contributed by atoms with van der Waals surface area (Å²) in [6, 6.07) is 4.46. The summed E-state index contributed by atoms with van der Waals surface area (Å²) in [4.78, 5) is 0.128. The van der Waals surface area contributed by atoms with Crippen LogP contribution in [0, 0.1) is 18.3 Å². The minimum Gasteiger partial charge on any atom is -0.496 e. The molecule has 0 aliphatic heterocycles. The van der Waals surface area contributed by atoms with Gasteiger partial charge in [-0.2, -0.15) is 4.31 Å². The average molecular weight is 309 g/mol. The Labute approximate surface area is 125 Å². The van der Waals surface area contributed by atoms with Crippen molar-refractivity contribution in [2.24, 2.45) is 5.92 Å². The van der Waals surface area contributed by atoms with Crippen molar-refractivity contribution in [3.8, 4) is 18.1 Å². The SMILES string of the molecule is C#CCN(CC1CC1)S(=O)(=O)c1ccc(OC)c(CO)c1. The topological polar surface area (TPSA) is 66.8 Å². The Morgan fingerprint density at radius 3 is 2.71 bits per heavy atom. The fourth-order valence-corrected chi connectivity index (χ4v) is 3.61. The van der Waals surface area contributed by atoms with Crippen molar-refractivity contribution in [1.82, 2.24) is 4.31 Å². The Hall–Kier alpha value is -1.55. The lowest BCUT2D eigenvalue weighted by Crippen LogP contribution is -2.33. The van der Waals surface area contributed by atoms with Crippen molar-refractivity contribution < 1.29 is 18.3 Å². The van der Waals surface area contributed by atoms with Crippen LogP contribution in [0.4, 0.5) is 0 Å². The second kappa shape index (κ2) is 6.48. The van der Waals surface area contributed by atoms with E-state index in [0.717, 1.165) is 12.8 Å². The van der Waals surface area contributed by atoms with Crippen LogP contribution >= 0.6 is 0 Å². The number of sulfonamides is 1. The van der Waals surface area contributed by atoms with Crippen LogP contribution in [0.3, 0.4) is 0 Å². The standard InChI is InChI=1S/C15H19NO4S/c1-3-8-16(10-12-4-5-12)21(18,19)14-6-7-15(20-2)13(9-14)11-17/h1,6-7,9,12,17H,4-5,8,10-11H2,2H3. The molecule has 0 amide bonds. The molecule has 1 saturated carbocycles. The van der Waals surface area contributed by atoms with Gasteiger partial charge in [0.05, 0.1) is 25.2 Å². The third-order valence-electron chi connectivity index (χ3n) is 3.49. The Kier molecular flexibility index (Phi) is 4.88. The van der Waals surface area contributed by atoms with Gasteiger partial charge in [-0.25, -0.2) is 8.42 Å². The van der Waals surface area contributed by atoms with Gasteiger partial charge >= 0.3 is 0 Å². The monoisotopic (exact) mass is 309 g/mol. The highest BCUT2D eigenvalue weighted by atomic mass is 32.2. The first-order valence-electron chi connectivity index (χ1n) is 6.74. The molecule has 0 aromatic heterocycles. The third-order valence-corrected chi connectivity index (χ3v) is 5.29. The quantitative estimate of drug-likeness (QED) is 0.769. The van der Waals surface area contributed by atoms with E-state index in [-0.39, 0.29) is 18.0 Å². The number of methoxy groups -OCH3 is 1. The number of ether oxygens (including phenoxy) is 1. The maximum Gasteiger partial charge on any atom is 0.243 e. The van der Waals surface area contributed by atoms with E-state index in [1.165, 1.54) is 23.5 Å². The van der Waals surface area contributed by atoms with Gasteiger partial charge in [0.15, 0.2) is 0 Å². The van der Waals surface area contributed by atoms with Crippen molar-refractivity contribution >= 4 is 10.0 Å². The molecule has 0 unspecified atom stereocenters. The minimum atomic E-state index is -3.65. The highest BCUT2D eigenvalue weighted by Crippen LogP contribution is 2.32. The van der Waals surface area contributed by atoms with Crippen molar-refractivity contribution in [2.45, 2.75) is 24.3 Å². The normalized spacial score (nSPS) is 15.0. The minimum absolute atomic E-state index is 0.0549. The smallest absolute Gasteiger partial charge is 0.243 e. The molecule has 0 bridgehead atoms. The van der Waals surface area contributed by atoms with Crippen LogP contribution in [0.25, 0.3) is 0 Å². The lowest BCUT2D eigenvalue weighted by atomic mass is 10.2. The average Bonchev–Trinajstić information content (AvgIpc) is 3.30. The van der Waals surface area contributed by atoms with Crippen molar-refractivity contribution in [3.05, 3.63) is 23.8 Å². The van der Waals surface area contributed by atoms with Crippen LogP contribution in [-0.2, 0) is 16.6 Å². The van der Waals surface area contributed by atoms with Gasteiger partial charge in [-0.15, -0.1) is 6.42 Å². The molecule has 0 spiro atoms. The molecule has 0 atom stereocenters. The third kappa shape index (κ3) is 3.56. The highest BCUT2D eigenvalue weighted by molar-refractivity contribution is 7.89. The number of hydrogen-bond acceptors (Lipinski definition) is 4. The maximum absolute atomic E-state index is 12.7. The zero-order valence-electron chi connectivity index (χ0n) is 11.9. The molecule has 1 fully saturated rings. The molecule has 1 N–H and O–H groups in total. The predicted octanol–water partition coefficient (Wildman–Crippen LogP) is 1.22. The Bertz CT molecular complexity index is 644. The second-order valence-corrected chi connectivity index (χ2v) is 7.01. The number of rotatable bonds is 7. The van der Waals surface area contributed by atoms with Gasteiger partial charge in [-0.3, -0.25) is 0 Å². The van der Waals surface area contributed by atoms with E-state index in [0.29, 0.717) is 23.8 Å². The predicted molar refractivity (Wildman–Crippen MR) is 79.2 cm³/mol. The van der Waals surface area contributed by atoms with E-state index in [2.05, 4.69) is 5.92 Å². The zero-order valence-corrected chi connectivity index (χ0v) is 12.8. The van der Waals surface area contributed by atoms with Crippen LogP contribution in [-0.4, -0.2) is 38.0 Å². The number of nitrogens with zero attached hydrogens (tertiary/aromatic N) is 1. The van der Waals surface area contributed by atoms with Crippen molar-refractivity contribution in [2.75, 3.05) is 20.2 Å². The Morgan fingerprint density at radius 1 is 1.48 bits per heavy atom. The Morgan fingerprint density at radius 2 is 2.19 bits per heavy atom. The van der Waals surface area contributed by atoms with Crippen molar-refractivity contribution in [1.29, 1.82) is 0 Å². The number of terminal acetylenes is 1. The van der Waals surface area contributed by atoms with E-state index in [9.17, 15) is 13.5 Å². The molecule has 1 aromatic rings. The fourth-order valence-electron chi connectivity index (χ4n) is 2.13.